The number of carbonyl (C=O) groups excluding carboxylic acids is 2. The maximum absolute atomic E-state index is 13.3. The molecule has 0 aromatic heterocycles. The smallest absolute Gasteiger partial charge is 0.262 e. The molecule has 2 amide bonds. The number of amides is 2. The molecule has 3 aromatic carbocycles. The first-order chi connectivity index (χ1) is 13.1. The maximum Gasteiger partial charge on any atom is 0.262 e. The van der Waals surface area contributed by atoms with Gasteiger partial charge >= 0.3 is 0 Å². The van der Waals surface area contributed by atoms with Crippen molar-refractivity contribution >= 4 is 28.9 Å². The van der Waals surface area contributed by atoms with Gasteiger partial charge < -0.3 is 10.6 Å². The number of anilines is 3. The second-order valence-electron chi connectivity index (χ2n) is 6.41. The first-order valence-corrected chi connectivity index (χ1v) is 8.75. The van der Waals surface area contributed by atoms with Crippen molar-refractivity contribution in [2.45, 2.75) is 13.1 Å². The van der Waals surface area contributed by atoms with Gasteiger partial charge in [-0.1, -0.05) is 42.5 Å². The Labute approximate surface area is 157 Å². The molecule has 0 saturated heterocycles. The molecule has 0 fully saturated rings. The molecule has 1 aliphatic heterocycles. The Morgan fingerprint density at radius 3 is 2.30 bits per heavy atom. The van der Waals surface area contributed by atoms with Crippen LogP contribution in [0.5, 0.6) is 0 Å². The van der Waals surface area contributed by atoms with Gasteiger partial charge in [0, 0.05) is 24.0 Å². The van der Waals surface area contributed by atoms with Gasteiger partial charge in [-0.05, 0) is 42.0 Å². The molecule has 0 radical (unpaired) electrons. The molecular formula is C22H19N3O2. The van der Waals surface area contributed by atoms with Crippen molar-refractivity contribution in [3.63, 3.8) is 0 Å². The lowest BCUT2D eigenvalue weighted by molar-refractivity contribution is -0.114. The van der Waals surface area contributed by atoms with Crippen molar-refractivity contribution in [1.29, 1.82) is 0 Å². The molecule has 5 nitrogen and oxygen atoms in total. The maximum atomic E-state index is 13.3. The zero-order valence-corrected chi connectivity index (χ0v) is 14.8. The third kappa shape index (κ3) is 3.27. The highest BCUT2D eigenvalue weighted by Crippen LogP contribution is 2.36. The van der Waals surface area contributed by atoms with Gasteiger partial charge in [-0.3, -0.25) is 14.5 Å². The highest BCUT2D eigenvalue weighted by molar-refractivity contribution is 6.12. The van der Waals surface area contributed by atoms with E-state index in [1.165, 1.54) is 6.92 Å². The van der Waals surface area contributed by atoms with Crippen molar-refractivity contribution < 1.29 is 9.59 Å². The summed E-state index contributed by atoms with van der Waals surface area (Å²) >= 11 is 0. The quantitative estimate of drug-likeness (QED) is 0.730. The summed E-state index contributed by atoms with van der Waals surface area (Å²) in [7, 11) is 0. The standard InChI is InChI=1S/C22H19N3O2/c1-15(26)23-17-11-13-18(14-12-17)25-21(16-7-3-2-4-8-16)24-20-10-6-5-9-19(20)22(25)27/h2-14,21,24H,1H3,(H,23,26)/t21-/m0/s1. The van der Waals surface area contributed by atoms with Crippen molar-refractivity contribution in [1.82, 2.24) is 0 Å². The van der Waals surface area contributed by atoms with E-state index in [1.807, 2.05) is 66.7 Å². The number of hydrogen-bond acceptors (Lipinski definition) is 3. The van der Waals surface area contributed by atoms with Crippen LogP contribution in [0.2, 0.25) is 0 Å². The Kier molecular flexibility index (Phi) is 4.34. The van der Waals surface area contributed by atoms with Crippen LogP contribution in [0.15, 0.2) is 78.9 Å². The van der Waals surface area contributed by atoms with E-state index in [2.05, 4.69) is 10.6 Å². The average molecular weight is 357 g/mol. The van der Waals surface area contributed by atoms with Crippen molar-refractivity contribution in [3.05, 3.63) is 90.0 Å². The first-order valence-electron chi connectivity index (χ1n) is 8.75. The molecule has 4 rings (SSSR count). The number of nitrogens with one attached hydrogen (secondary N) is 2. The summed E-state index contributed by atoms with van der Waals surface area (Å²) in [6.07, 6.45) is -0.319. The summed E-state index contributed by atoms with van der Waals surface area (Å²) in [5, 5.41) is 6.22. The van der Waals surface area contributed by atoms with Gasteiger partial charge in [0.2, 0.25) is 5.91 Å². The van der Waals surface area contributed by atoms with Crippen molar-refractivity contribution in [3.8, 4) is 0 Å². The Morgan fingerprint density at radius 1 is 0.926 bits per heavy atom. The number of carbonyl (C=O) groups is 2. The third-order valence-corrected chi connectivity index (χ3v) is 4.51. The van der Waals surface area contributed by atoms with Gasteiger partial charge in [0.15, 0.2) is 0 Å². The summed E-state index contributed by atoms with van der Waals surface area (Å²) in [6.45, 7) is 1.47. The van der Waals surface area contributed by atoms with E-state index in [0.29, 0.717) is 11.3 Å². The minimum atomic E-state index is -0.319. The van der Waals surface area contributed by atoms with Gasteiger partial charge in [0.25, 0.3) is 5.91 Å². The second kappa shape index (κ2) is 6.96. The lowest BCUT2D eigenvalue weighted by atomic mass is 10.0. The molecule has 0 aliphatic carbocycles. The van der Waals surface area contributed by atoms with Gasteiger partial charge in [-0.25, -0.2) is 0 Å². The van der Waals surface area contributed by atoms with Crippen LogP contribution in [-0.4, -0.2) is 11.8 Å². The van der Waals surface area contributed by atoms with E-state index in [1.54, 1.807) is 17.0 Å². The molecule has 0 spiro atoms. The number of fused-ring (bicyclic) bond motifs is 1. The topological polar surface area (TPSA) is 61.4 Å². The summed E-state index contributed by atoms with van der Waals surface area (Å²) in [5.74, 6) is -0.194. The Bertz CT molecular complexity index is 984. The second-order valence-corrected chi connectivity index (χ2v) is 6.41. The predicted octanol–water partition coefficient (Wildman–Crippen LogP) is 4.42. The molecule has 1 heterocycles. The molecule has 2 N–H and O–H groups in total. The predicted molar refractivity (Wildman–Crippen MR) is 107 cm³/mol. The van der Waals surface area contributed by atoms with Crippen molar-refractivity contribution in [2.24, 2.45) is 0 Å². The number of benzene rings is 3. The van der Waals surface area contributed by atoms with Crippen LogP contribution in [0, 0.1) is 0 Å². The highest BCUT2D eigenvalue weighted by Gasteiger charge is 2.33. The fraction of sp³-hybridized carbons (Fsp3) is 0.0909. The normalized spacial score (nSPS) is 15.7. The van der Waals surface area contributed by atoms with E-state index in [-0.39, 0.29) is 18.0 Å². The van der Waals surface area contributed by atoms with Crippen LogP contribution in [0.3, 0.4) is 0 Å². The molecule has 0 saturated carbocycles. The van der Waals surface area contributed by atoms with Crippen LogP contribution in [-0.2, 0) is 4.79 Å². The number of para-hydroxylation sites is 1. The molecule has 134 valence electrons. The molecule has 27 heavy (non-hydrogen) atoms. The largest absolute Gasteiger partial charge is 0.360 e. The Hall–Kier alpha value is -3.60. The number of rotatable bonds is 3. The van der Waals surface area contributed by atoms with Crippen molar-refractivity contribution in [2.75, 3.05) is 15.5 Å². The molecule has 0 unspecified atom stereocenters. The van der Waals surface area contributed by atoms with Crippen LogP contribution in [0.25, 0.3) is 0 Å². The van der Waals surface area contributed by atoms with E-state index in [4.69, 9.17) is 0 Å². The van der Waals surface area contributed by atoms with E-state index in [9.17, 15) is 9.59 Å². The summed E-state index contributed by atoms with van der Waals surface area (Å²) < 4.78 is 0. The highest BCUT2D eigenvalue weighted by atomic mass is 16.2. The van der Waals surface area contributed by atoms with Crippen LogP contribution in [0.1, 0.15) is 29.0 Å². The molecule has 1 atom stereocenters. The molecular weight excluding hydrogens is 338 g/mol. The minimum absolute atomic E-state index is 0.0644. The number of hydrogen-bond donors (Lipinski definition) is 2. The lowest BCUT2D eigenvalue weighted by Gasteiger charge is -2.38. The van der Waals surface area contributed by atoms with Crippen LogP contribution in [0.4, 0.5) is 17.1 Å². The summed E-state index contributed by atoms with van der Waals surface area (Å²) in [6, 6.07) is 24.7. The van der Waals surface area contributed by atoms with E-state index >= 15 is 0 Å². The zero-order valence-electron chi connectivity index (χ0n) is 14.8. The SMILES string of the molecule is CC(=O)Nc1ccc(N2C(=O)c3ccccc3N[C@@H]2c2ccccc2)cc1. The van der Waals surface area contributed by atoms with Gasteiger partial charge in [-0.2, -0.15) is 0 Å². The molecule has 0 bridgehead atoms. The molecule has 3 aromatic rings. The Morgan fingerprint density at radius 2 is 1.59 bits per heavy atom. The first kappa shape index (κ1) is 16.8. The summed E-state index contributed by atoms with van der Waals surface area (Å²) in [4.78, 5) is 26.3. The lowest BCUT2D eigenvalue weighted by Crippen LogP contribution is -2.43. The zero-order chi connectivity index (χ0) is 18.8. The fourth-order valence-corrected chi connectivity index (χ4v) is 3.30. The monoisotopic (exact) mass is 357 g/mol. The van der Waals surface area contributed by atoms with E-state index < -0.39 is 0 Å². The Balaban J connectivity index is 1.77. The third-order valence-electron chi connectivity index (χ3n) is 4.51. The van der Waals surface area contributed by atoms with E-state index in [0.717, 1.165) is 16.9 Å². The molecule has 5 heteroatoms. The van der Waals surface area contributed by atoms with Gasteiger partial charge in [-0.15, -0.1) is 0 Å². The van der Waals surface area contributed by atoms with Gasteiger partial charge in [0.1, 0.15) is 6.17 Å². The minimum Gasteiger partial charge on any atom is -0.360 e. The summed E-state index contributed by atoms with van der Waals surface area (Å²) in [5.41, 5.74) is 3.90. The van der Waals surface area contributed by atoms with Crippen LogP contribution >= 0.6 is 0 Å². The average Bonchev–Trinajstić information content (AvgIpc) is 2.69. The van der Waals surface area contributed by atoms with Gasteiger partial charge in [0.05, 0.1) is 5.56 Å². The number of nitrogens with zero attached hydrogens (tertiary/aromatic N) is 1. The van der Waals surface area contributed by atoms with Crippen LogP contribution < -0.4 is 15.5 Å². The molecule has 1 aliphatic rings. The fourth-order valence-electron chi connectivity index (χ4n) is 3.30.